The summed E-state index contributed by atoms with van der Waals surface area (Å²) in [6, 6.07) is 9.25. The average molecular weight is 204 g/mol. The summed E-state index contributed by atoms with van der Waals surface area (Å²) in [5.74, 6) is 0. The minimum atomic E-state index is -0.613. The van der Waals surface area contributed by atoms with Gasteiger partial charge in [-0.15, -0.1) is 4.43 Å². The smallest absolute Gasteiger partial charge is 0.110 e. The fourth-order valence-electron chi connectivity index (χ4n) is 2.01. The Bertz CT molecular complexity index is 244. The van der Waals surface area contributed by atoms with Gasteiger partial charge in [-0.25, -0.2) is 0 Å². The fraction of sp³-hybridized carbons (Fsp3) is 0.538. The van der Waals surface area contributed by atoms with Crippen LogP contribution in [0.25, 0.3) is 0 Å². The summed E-state index contributed by atoms with van der Waals surface area (Å²) >= 11 is -0.613. The molecule has 76 valence electrons. The average Bonchev–Trinajstić information content (AvgIpc) is 2.19. The first-order valence-corrected chi connectivity index (χ1v) is 8.05. The van der Waals surface area contributed by atoms with Gasteiger partial charge in [-0.1, -0.05) is 67.1 Å². The zero-order valence-electron chi connectivity index (χ0n) is 9.72. The van der Waals surface area contributed by atoms with Crippen molar-refractivity contribution in [2.24, 2.45) is 0 Å². The molecule has 1 rings (SSSR count). The third-order valence-corrected chi connectivity index (χ3v) is 6.70. The second kappa shape index (κ2) is 6.28. The van der Waals surface area contributed by atoms with Gasteiger partial charge in [0.2, 0.25) is 0 Å². The lowest BCUT2D eigenvalue weighted by Gasteiger charge is -2.10. The summed E-state index contributed by atoms with van der Waals surface area (Å²) in [5, 5.41) is 2.94. The Labute approximate surface area is 92.7 Å². The van der Waals surface area contributed by atoms with Crippen molar-refractivity contribution in [1.82, 2.24) is 0 Å². The first kappa shape index (κ1) is 11.8. The minimum absolute atomic E-state index is 0.613. The van der Waals surface area contributed by atoms with Crippen molar-refractivity contribution in [1.29, 1.82) is 0 Å². The highest BCUT2D eigenvalue weighted by molar-refractivity contribution is 6.73. The molecular formula is C13H21Al. The highest BCUT2D eigenvalue weighted by Crippen LogP contribution is 2.07. The Balaban J connectivity index is 2.71. The molecule has 0 fully saturated rings. The molecule has 0 saturated heterocycles. The van der Waals surface area contributed by atoms with Gasteiger partial charge in [-0.2, -0.15) is 0 Å². The highest BCUT2D eigenvalue weighted by atomic mass is 27.2. The van der Waals surface area contributed by atoms with E-state index in [2.05, 4.69) is 45.0 Å². The van der Waals surface area contributed by atoms with Gasteiger partial charge in [0.25, 0.3) is 0 Å². The van der Waals surface area contributed by atoms with Crippen LogP contribution >= 0.6 is 0 Å². The Morgan fingerprint density at radius 3 is 1.86 bits per heavy atom. The van der Waals surface area contributed by atoms with Crippen molar-refractivity contribution < 1.29 is 0 Å². The van der Waals surface area contributed by atoms with E-state index >= 15 is 0 Å². The van der Waals surface area contributed by atoms with E-state index in [1.54, 1.807) is 4.43 Å². The van der Waals surface area contributed by atoms with E-state index in [9.17, 15) is 0 Å². The minimum Gasteiger partial charge on any atom is -0.110 e. The molecule has 0 atom stereocenters. The summed E-state index contributed by atoms with van der Waals surface area (Å²) in [5.41, 5.74) is 1.38. The molecule has 0 radical (unpaired) electrons. The molecule has 0 amide bonds. The predicted octanol–water partition coefficient (Wildman–Crippen LogP) is 3.52. The van der Waals surface area contributed by atoms with Crippen LogP contribution in [0.1, 0.15) is 32.3 Å². The van der Waals surface area contributed by atoms with Crippen molar-refractivity contribution >= 4 is 18.6 Å². The summed E-state index contributed by atoms with van der Waals surface area (Å²) in [6.07, 6.45) is 2.70. The molecule has 0 unspecified atom stereocenters. The molecule has 1 heteroatoms. The molecule has 0 aliphatic heterocycles. The zero-order chi connectivity index (χ0) is 10.4. The molecule has 0 aliphatic rings. The topological polar surface area (TPSA) is 0 Å². The molecule has 0 aliphatic carbocycles. The van der Waals surface area contributed by atoms with Gasteiger partial charge in [-0.3, -0.25) is 0 Å². The maximum Gasteiger partial charge on any atom is 0.305 e. The molecule has 0 heterocycles. The molecule has 0 aromatic heterocycles. The highest BCUT2D eigenvalue weighted by Gasteiger charge is 2.16. The zero-order valence-corrected chi connectivity index (χ0v) is 10.9. The number of rotatable bonds is 5. The van der Waals surface area contributed by atoms with Crippen LogP contribution in [-0.4, -0.2) is 14.1 Å². The number of hydrogen-bond acceptors (Lipinski definition) is 0. The van der Waals surface area contributed by atoms with Crippen LogP contribution in [0, 0.1) is 6.92 Å². The van der Waals surface area contributed by atoms with Crippen LogP contribution in [0.5, 0.6) is 0 Å². The van der Waals surface area contributed by atoms with Crippen LogP contribution in [0.4, 0.5) is 0 Å². The summed E-state index contributed by atoms with van der Waals surface area (Å²) in [7, 11) is 0. The van der Waals surface area contributed by atoms with E-state index < -0.39 is 14.1 Å². The third-order valence-electron chi connectivity index (χ3n) is 2.82. The molecule has 0 spiro atoms. The maximum atomic E-state index is 2.36. The number of aryl methyl sites for hydroxylation is 1. The van der Waals surface area contributed by atoms with E-state index in [4.69, 9.17) is 0 Å². The van der Waals surface area contributed by atoms with Gasteiger partial charge < -0.3 is 0 Å². The Morgan fingerprint density at radius 1 is 0.929 bits per heavy atom. The van der Waals surface area contributed by atoms with E-state index in [0.29, 0.717) is 0 Å². The van der Waals surface area contributed by atoms with Crippen LogP contribution in [-0.2, 0) is 0 Å². The van der Waals surface area contributed by atoms with Gasteiger partial charge >= 0.3 is 14.1 Å². The van der Waals surface area contributed by atoms with E-state index in [-0.39, 0.29) is 0 Å². The van der Waals surface area contributed by atoms with Crippen molar-refractivity contribution in [3.8, 4) is 0 Å². The summed E-state index contributed by atoms with van der Waals surface area (Å²) in [4.78, 5) is 0. The first-order valence-electron chi connectivity index (χ1n) is 5.84. The molecular weight excluding hydrogens is 183 g/mol. The van der Waals surface area contributed by atoms with E-state index in [0.717, 1.165) is 0 Å². The van der Waals surface area contributed by atoms with E-state index in [1.165, 1.54) is 29.0 Å². The molecule has 14 heavy (non-hydrogen) atoms. The second-order valence-corrected chi connectivity index (χ2v) is 7.40. The van der Waals surface area contributed by atoms with Gasteiger partial charge in [0, 0.05) is 0 Å². The normalized spacial score (nSPS) is 10.2. The van der Waals surface area contributed by atoms with Crippen molar-refractivity contribution in [2.75, 3.05) is 0 Å². The molecule has 0 bridgehead atoms. The van der Waals surface area contributed by atoms with E-state index in [1.807, 2.05) is 0 Å². The Morgan fingerprint density at radius 2 is 1.43 bits per heavy atom. The SMILES string of the molecule is CC[CH2][Al]([CH2]CC)[c]1ccc(C)cc1. The maximum absolute atomic E-state index is 2.36. The molecule has 1 aromatic rings. The quantitative estimate of drug-likeness (QED) is 0.644. The van der Waals surface area contributed by atoms with Crippen LogP contribution in [0.15, 0.2) is 24.3 Å². The molecule has 0 N–H and O–H groups in total. The van der Waals surface area contributed by atoms with Gasteiger partial charge in [0.1, 0.15) is 0 Å². The standard InChI is InChI=1S/C7H7.2C3H7.Al/c1-7-5-3-2-4-6-7;2*1-3-2;/h3-6H,1H3;2*1,3H2,2H3;. The Kier molecular flexibility index (Phi) is 5.30. The lowest BCUT2D eigenvalue weighted by atomic mass is 10.2. The number of hydrogen-bond donors (Lipinski definition) is 0. The summed E-state index contributed by atoms with van der Waals surface area (Å²) < 4.78 is 1.67. The van der Waals surface area contributed by atoms with Gasteiger partial charge in [0.15, 0.2) is 0 Å². The van der Waals surface area contributed by atoms with Crippen LogP contribution in [0.2, 0.25) is 10.6 Å². The Hall–Kier alpha value is -0.248. The monoisotopic (exact) mass is 204 g/mol. The number of benzene rings is 1. The van der Waals surface area contributed by atoms with Crippen LogP contribution < -0.4 is 4.43 Å². The lowest BCUT2D eigenvalue weighted by molar-refractivity contribution is 1.01. The molecule has 0 nitrogen and oxygen atoms in total. The third kappa shape index (κ3) is 3.48. The molecule has 0 saturated carbocycles. The summed E-state index contributed by atoms with van der Waals surface area (Å²) in [6.45, 7) is 6.79. The first-order chi connectivity index (χ1) is 6.77. The van der Waals surface area contributed by atoms with Gasteiger partial charge in [-0.05, 0) is 6.92 Å². The van der Waals surface area contributed by atoms with Gasteiger partial charge in [0.05, 0.1) is 0 Å². The lowest BCUT2D eigenvalue weighted by Crippen LogP contribution is -2.29. The van der Waals surface area contributed by atoms with Crippen molar-refractivity contribution in [3.63, 3.8) is 0 Å². The molecule has 1 aromatic carbocycles. The second-order valence-electron chi connectivity index (χ2n) is 4.18. The predicted molar refractivity (Wildman–Crippen MR) is 66.8 cm³/mol. The van der Waals surface area contributed by atoms with Crippen molar-refractivity contribution in [3.05, 3.63) is 29.8 Å². The van der Waals surface area contributed by atoms with Crippen LogP contribution in [0.3, 0.4) is 0 Å². The fourth-order valence-corrected chi connectivity index (χ4v) is 5.10. The van der Waals surface area contributed by atoms with Crippen molar-refractivity contribution in [2.45, 2.75) is 44.2 Å². The largest absolute Gasteiger partial charge is 0.305 e.